The Morgan fingerprint density at radius 3 is 1.60 bits per heavy atom. The van der Waals surface area contributed by atoms with Crippen LogP contribution in [0.4, 0.5) is 0 Å². The van der Waals surface area contributed by atoms with Crippen molar-refractivity contribution in [3.8, 4) is 0 Å². The van der Waals surface area contributed by atoms with Gasteiger partial charge in [-0.1, -0.05) is 66.7 Å². The Balaban J connectivity index is 2.05. The van der Waals surface area contributed by atoms with Crippen molar-refractivity contribution < 1.29 is 0 Å². The van der Waals surface area contributed by atoms with Gasteiger partial charge >= 0.3 is 0 Å². The van der Waals surface area contributed by atoms with E-state index in [1.165, 1.54) is 36.6 Å². The third-order valence-electron chi connectivity index (χ3n) is 4.60. The Bertz CT molecular complexity index is 982. The van der Waals surface area contributed by atoms with Gasteiger partial charge in [0, 0.05) is 16.5 Å². The highest BCUT2D eigenvalue weighted by molar-refractivity contribution is 7.97. The zero-order valence-electron chi connectivity index (χ0n) is 14.6. The second kappa shape index (κ2) is 6.78. The van der Waals surface area contributed by atoms with Crippen LogP contribution in [0.1, 0.15) is 11.1 Å². The molecule has 4 aromatic rings. The Morgan fingerprint density at radius 1 is 0.480 bits per heavy atom. The maximum atomic E-state index is 2.30. The van der Waals surface area contributed by atoms with Gasteiger partial charge in [0.15, 0.2) is 14.7 Å². The lowest BCUT2D eigenvalue weighted by Gasteiger charge is -2.13. The predicted octanol–water partition coefficient (Wildman–Crippen LogP) is 6.55. The maximum absolute atomic E-state index is 2.30. The molecule has 0 aliphatic rings. The Morgan fingerprint density at radius 2 is 0.960 bits per heavy atom. The highest BCUT2D eigenvalue weighted by atomic mass is 32.2. The van der Waals surface area contributed by atoms with Crippen LogP contribution in [-0.4, -0.2) is 0 Å². The molecular formula is C24H21S+. The van der Waals surface area contributed by atoms with Crippen LogP contribution in [0.5, 0.6) is 0 Å². The molecule has 0 radical (unpaired) electrons. The lowest BCUT2D eigenvalue weighted by atomic mass is 10.1. The molecule has 0 N–H and O–H groups in total. The minimum Gasteiger partial charge on any atom is -0.0616 e. The molecule has 0 fully saturated rings. The Kier molecular flexibility index (Phi) is 4.33. The summed E-state index contributed by atoms with van der Waals surface area (Å²) in [7, 11) is -0.112. The van der Waals surface area contributed by atoms with Crippen LogP contribution >= 0.6 is 0 Å². The Labute approximate surface area is 152 Å². The summed E-state index contributed by atoms with van der Waals surface area (Å²) in [5.41, 5.74) is 2.70. The largest absolute Gasteiger partial charge is 0.174 e. The van der Waals surface area contributed by atoms with Gasteiger partial charge in [0.25, 0.3) is 0 Å². The number of hydrogen-bond donors (Lipinski definition) is 0. The predicted molar refractivity (Wildman–Crippen MR) is 108 cm³/mol. The smallest absolute Gasteiger partial charge is 0.0616 e. The number of fused-ring (bicyclic) bond motifs is 1. The highest BCUT2D eigenvalue weighted by Crippen LogP contribution is 2.38. The van der Waals surface area contributed by atoms with Crippen molar-refractivity contribution in [2.24, 2.45) is 0 Å². The van der Waals surface area contributed by atoms with Gasteiger partial charge in [-0.15, -0.1) is 0 Å². The summed E-state index contributed by atoms with van der Waals surface area (Å²) >= 11 is 0. The van der Waals surface area contributed by atoms with E-state index in [9.17, 15) is 0 Å². The summed E-state index contributed by atoms with van der Waals surface area (Å²) in [5, 5.41) is 2.65. The van der Waals surface area contributed by atoms with Crippen LogP contribution in [0.15, 0.2) is 106 Å². The zero-order valence-corrected chi connectivity index (χ0v) is 15.4. The van der Waals surface area contributed by atoms with Crippen molar-refractivity contribution in [1.29, 1.82) is 0 Å². The minimum atomic E-state index is -0.112. The zero-order chi connectivity index (χ0) is 17.2. The highest BCUT2D eigenvalue weighted by Gasteiger charge is 2.32. The molecule has 4 aromatic carbocycles. The molecule has 0 heterocycles. The van der Waals surface area contributed by atoms with Gasteiger partial charge in [-0.05, 0) is 43.5 Å². The average Bonchev–Trinajstić information content (AvgIpc) is 2.65. The number of hydrogen-bond acceptors (Lipinski definition) is 0. The summed E-state index contributed by atoms with van der Waals surface area (Å²) in [6, 6.07) is 33.0. The normalized spacial score (nSPS) is 11.2. The first-order valence-corrected chi connectivity index (χ1v) is 9.81. The van der Waals surface area contributed by atoms with E-state index >= 15 is 0 Å². The van der Waals surface area contributed by atoms with Crippen LogP contribution in [0.3, 0.4) is 0 Å². The summed E-state index contributed by atoms with van der Waals surface area (Å²) in [6.45, 7) is 4.44. The van der Waals surface area contributed by atoms with Gasteiger partial charge in [-0.25, -0.2) is 0 Å². The molecule has 0 amide bonds. The second-order valence-corrected chi connectivity index (χ2v) is 8.25. The van der Waals surface area contributed by atoms with Crippen molar-refractivity contribution in [2.75, 3.05) is 0 Å². The number of benzene rings is 4. The number of rotatable bonds is 3. The van der Waals surface area contributed by atoms with E-state index in [0.29, 0.717) is 0 Å². The molecule has 0 saturated carbocycles. The summed E-state index contributed by atoms with van der Waals surface area (Å²) < 4.78 is 0. The molecule has 4 rings (SSSR count). The molecule has 0 bridgehead atoms. The van der Waals surface area contributed by atoms with Crippen LogP contribution in [-0.2, 0) is 10.9 Å². The fraction of sp³-hybridized carbons (Fsp3) is 0.0833. The SMILES string of the molecule is Cc1ccccc1[S+](c1ccccc1C)c1cccc2ccccc12. The molecule has 0 aromatic heterocycles. The topological polar surface area (TPSA) is 0 Å². The fourth-order valence-corrected chi connectivity index (χ4v) is 5.84. The molecule has 122 valence electrons. The molecule has 0 aliphatic carbocycles. The van der Waals surface area contributed by atoms with Crippen LogP contribution < -0.4 is 0 Å². The average molecular weight is 341 g/mol. The lowest BCUT2D eigenvalue weighted by Crippen LogP contribution is -2.08. The van der Waals surface area contributed by atoms with Crippen molar-refractivity contribution >= 4 is 21.7 Å². The van der Waals surface area contributed by atoms with E-state index in [-0.39, 0.29) is 10.9 Å². The van der Waals surface area contributed by atoms with Crippen LogP contribution in [0, 0.1) is 13.8 Å². The van der Waals surface area contributed by atoms with E-state index in [4.69, 9.17) is 0 Å². The molecule has 0 unspecified atom stereocenters. The van der Waals surface area contributed by atoms with E-state index in [0.717, 1.165) is 0 Å². The van der Waals surface area contributed by atoms with Gasteiger partial charge in [0.1, 0.15) is 10.9 Å². The summed E-state index contributed by atoms with van der Waals surface area (Å²) in [5.74, 6) is 0. The van der Waals surface area contributed by atoms with E-state index in [2.05, 4.69) is 105 Å². The monoisotopic (exact) mass is 341 g/mol. The van der Waals surface area contributed by atoms with Crippen molar-refractivity contribution in [3.05, 3.63) is 102 Å². The molecule has 0 aliphatic heterocycles. The standard InChI is InChI=1S/C24H21S/c1-18-10-3-7-15-22(18)25(23-16-8-4-11-19(23)2)24-17-9-13-20-12-5-6-14-21(20)24/h3-17H,1-2H3/q+1. The third kappa shape index (κ3) is 2.96. The van der Waals surface area contributed by atoms with Crippen molar-refractivity contribution in [2.45, 2.75) is 28.5 Å². The fourth-order valence-electron chi connectivity index (χ4n) is 3.30. The van der Waals surface area contributed by atoms with E-state index < -0.39 is 0 Å². The molecule has 0 saturated heterocycles. The van der Waals surface area contributed by atoms with E-state index in [1.54, 1.807) is 0 Å². The first-order chi connectivity index (χ1) is 12.3. The van der Waals surface area contributed by atoms with E-state index in [1.807, 2.05) is 0 Å². The Hall–Kier alpha value is -2.51. The third-order valence-corrected chi connectivity index (χ3v) is 7.19. The lowest BCUT2D eigenvalue weighted by molar-refractivity contribution is 1.23. The maximum Gasteiger partial charge on any atom is 0.174 e. The molecule has 0 nitrogen and oxygen atoms in total. The van der Waals surface area contributed by atoms with Gasteiger partial charge in [-0.3, -0.25) is 0 Å². The van der Waals surface area contributed by atoms with Gasteiger partial charge in [-0.2, -0.15) is 0 Å². The molecular weight excluding hydrogens is 320 g/mol. The molecule has 1 heteroatoms. The first kappa shape index (κ1) is 16.0. The first-order valence-electron chi connectivity index (χ1n) is 8.59. The summed E-state index contributed by atoms with van der Waals surface area (Å²) in [6.07, 6.45) is 0. The summed E-state index contributed by atoms with van der Waals surface area (Å²) in [4.78, 5) is 4.23. The molecule has 0 spiro atoms. The van der Waals surface area contributed by atoms with Gasteiger partial charge < -0.3 is 0 Å². The van der Waals surface area contributed by atoms with Gasteiger partial charge in [0.2, 0.25) is 0 Å². The van der Waals surface area contributed by atoms with Crippen molar-refractivity contribution in [3.63, 3.8) is 0 Å². The van der Waals surface area contributed by atoms with Crippen LogP contribution in [0.25, 0.3) is 10.8 Å². The quantitative estimate of drug-likeness (QED) is 0.371. The van der Waals surface area contributed by atoms with Crippen LogP contribution in [0.2, 0.25) is 0 Å². The van der Waals surface area contributed by atoms with Gasteiger partial charge in [0.05, 0.1) is 0 Å². The second-order valence-electron chi connectivity index (χ2n) is 6.31. The number of aryl methyl sites for hydroxylation is 2. The molecule has 0 atom stereocenters. The minimum absolute atomic E-state index is 0.112. The molecule has 25 heavy (non-hydrogen) atoms. The van der Waals surface area contributed by atoms with Crippen molar-refractivity contribution in [1.82, 2.24) is 0 Å².